The third kappa shape index (κ3) is 3.11. The zero-order valence-corrected chi connectivity index (χ0v) is 12.0. The minimum absolute atomic E-state index is 0.121. The van der Waals surface area contributed by atoms with Crippen molar-refractivity contribution < 1.29 is 0 Å². The summed E-state index contributed by atoms with van der Waals surface area (Å²) < 4.78 is 0. The molecule has 0 saturated heterocycles. The van der Waals surface area contributed by atoms with Crippen LogP contribution in [0, 0.1) is 6.92 Å². The first-order chi connectivity index (χ1) is 10.3. The van der Waals surface area contributed by atoms with Crippen molar-refractivity contribution in [3.8, 4) is 0 Å². The van der Waals surface area contributed by atoms with Gasteiger partial charge in [-0.1, -0.05) is 60.7 Å². The molecule has 0 radical (unpaired) electrons. The van der Waals surface area contributed by atoms with Gasteiger partial charge in [-0.15, -0.1) is 0 Å². The molecule has 1 heterocycles. The fraction of sp³-hybridized carbons (Fsp3) is 0.105. The molecule has 0 amide bonds. The Balaban J connectivity index is 1.99. The monoisotopic (exact) mass is 274 g/mol. The number of pyridine rings is 1. The number of nitrogens with zero attached hydrogens (tertiary/aromatic N) is 1. The summed E-state index contributed by atoms with van der Waals surface area (Å²) in [6, 6.07) is 23.1. The van der Waals surface area contributed by atoms with Crippen molar-refractivity contribution >= 4 is 5.69 Å². The van der Waals surface area contributed by atoms with Gasteiger partial charge in [0.15, 0.2) is 0 Å². The van der Waals surface area contributed by atoms with Crippen LogP contribution >= 0.6 is 0 Å². The van der Waals surface area contributed by atoms with Gasteiger partial charge in [-0.25, -0.2) is 0 Å². The smallest absolute Gasteiger partial charge is 0.0768 e. The summed E-state index contributed by atoms with van der Waals surface area (Å²) in [4.78, 5) is 4.22. The van der Waals surface area contributed by atoms with Gasteiger partial charge in [0.2, 0.25) is 0 Å². The number of anilines is 1. The largest absolute Gasteiger partial charge is 0.373 e. The molecule has 0 fully saturated rings. The lowest BCUT2D eigenvalue weighted by Gasteiger charge is -2.22. The van der Waals surface area contributed by atoms with Gasteiger partial charge in [0.25, 0.3) is 0 Å². The molecule has 104 valence electrons. The number of rotatable bonds is 4. The number of aryl methyl sites for hydroxylation is 1. The molecule has 0 bridgehead atoms. The van der Waals surface area contributed by atoms with E-state index in [1.54, 1.807) is 0 Å². The molecule has 0 spiro atoms. The minimum Gasteiger partial charge on any atom is -0.373 e. The molecule has 1 N–H and O–H groups in total. The average Bonchev–Trinajstić information content (AvgIpc) is 2.56. The standard InChI is InChI=1S/C19H18N2/c1-15-12-13-20-14-18(15)21-19(16-8-4-2-5-9-16)17-10-6-3-7-11-17/h2-14,19,21H,1H3. The van der Waals surface area contributed by atoms with Gasteiger partial charge in [-0.2, -0.15) is 0 Å². The Bertz CT molecular complexity index is 654. The van der Waals surface area contributed by atoms with E-state index in [0.717, 1.165) is 5.69 Å². The first-order valence-corrected chi connectivity index (χ1v) is 7.11. The Morgan fingerprint density at radius 1 is 0.810 bits per heavy atom. The van der Waals surface area contributed by atoms with Gasteiger partial charge in [0, 0.05) is 6.20 Å². The van der Waals surface area contributed by atoms with Gasteiger partial charge in [0.05, 0.1) is 17.9 Å². The molecule has 0 atom stereocenters. The molecule has 2 aromatic carbocycles. The maximum Gasteiger partial charge on any atom is 0.0768 e. The Morgan fingerprint density at radius 2 is 1.38 bits per heavy atom. The lowest BCUT2D eigenvalue weighted by atomic mass is 9.98. The van der Waals surface area contributed by atoms with E-state index in [1.165, 1.54) is 16.7 Å². The molecule has 1 aromatic heterocycles. The molecule has 2 nitrogen and oxygen atoms in total. The molecule has 0 aliphatic heterocycles. The van der Waals surface area contributed by atoms with Crippen LogP contribution in [0.3, 0.4) is 0 Å². The van der Waals surface area contributed by atoms with Crippen molar-refractivity contribution in [3.63, 3.8) is 0 Å². The maximum absolute atomic E-state index is 4.22. The van der Waals surface area contributed by atoms with Crippen LogP contribution in [-0.4, -0.2) is 4.98 Å². The summed E-state index contributed by atoms with van der Waals surface area (Å²) >= 11 is 0. The second-order valence-electron chi connectivity index (χ2n) is 5.09. The van der Waals surface area contributed by atoms with Crippen molar-refractivity contribution in [3.05, 3.63) is 95.8 Å². The summed E-state index contributed by atoms with van der Waals surface area (Å²) in [5.74, 6) is 0. The zero-order valence-electron chi connectivity index (χ0n) is 12.0. The summed E-state index contributed by atoms with van der Waals surface area (Å²) in [6.07, 6.45) is 3.70. The van der Waals surface area contributed by atoms with Crippen LogP contribution in [0.25, 0.3) is 0 Å². The van der Waals surface area contributed by atoms with Gasteiger partial charge >= 0.3 is 0 Å². The van der Waals surface area contributed by atoms with Crippen molar-refractivity contribution in [2.45, 2.75) is 13.0 Å². The summed E-state index contributed by atoms with van der Waals surface area (Å²) in [5, 5.41) is 3.62. The topological polar surface area (TPSA) is 24.9 Å². The van der Waals surface area contributed by atoms with E-state index in [4.69, 9.17) is 0 Å². The lowest BCUT2D eigenvalue weighted by molar-refractivity contribution is 0.933. The molecule has 21 heavy (non-hydrogen) atoms. The van der Waals surface area contributed by atoms with Crippen molar-refractivity contribution in [1.29, 1.82) is 0 Å². The van der Waals surface area contributed by atoms with E-state index in [2.05, 4.69) is 65.8 Å². The van der Waals surface area contributed by atoms with E-state index in [1.807, 2.05) is 30.6 Å². The highest BCUT2D eigenvalue weighted by atomic mass is 14.9. The zero-order chi connectivity index (χ0) is 14.5. The fourth-order valence-corrected chi connectivity index (χ4v) is 2.42. The molecule has 0 saturated carbocycles. The number of aromatic nitrogens is 1. The lowest BCUT2D eigenvalue weighted by Crippen LogP contribution is -2.13. The van der Waals surface area contributed by atoms with Crippen molar-refractivity contribution in [2.24, 2.45) is 0 Å². The number of hydrogen-bond donors (Lipinski definition) is 1. The summed E-state index contributed by atoms with van der Waals surface area (Å²) in [6.45, 7) is 2.09. The van der Waals surface area contributed by atoms with Crippen molar-refractivity contribution in [1.82, 2.24) is 4.98 Å². The van der Waals surface area contributed by atoms with E-state index in [9.17, 15) is 0 Å². The maximum atomic E-state index is 4.22. The van der Waals surface area contributed by atoms with Crippen LogP contribution in [0.5, 0.6) is 0 Å². The number of benzene rings is 2. The second-order valence-corrected chi connectivity index (χ2v) is 5.09. The molecule has 0 aliphatic carbocycles. The van der Waals surface area contributed by atoms with Crippen LogP contribution in [0.15, 0.2) is 79.1 Å². The number of nitrogens with one attached hydrogen (secondary N) is 1. The third-order valence-electron chi connectivity index (χ3n) is 3.60. The fourth-order valence-electron chi connectivity index (χ4n) is 2.42. The molecule has 0 unspecified atom stereocenters. The quantitative estimate of drug-likeness (QED) is 0.752. The Kier molecular flexibility index (Phi) is 3.97. The minimum atomic E-state index is 0.121. The third-order valence-corrected chi connectivity index (χ3v) is 3.60. The summed E-state index contributed by atoms with van der Waals surface area (Å²) in [5.41, 5.74) is 4.75. The number of hydrogen-bond acceptors (Lipinski definition) is 2. The van der Waals surface area contributed by atoms with E-state index >= 15 is 0 Å². The highest BCUT2D eigenvalue weighted by molar-refractivity contribution is 5.52. The molecular formula is C19H18N2. The SMILES string of the molecule is Cc1ccncc1NC(c1ccccc1)c1ccccc1. The first-order valence-electron chi connectivity index (χ1n) is 7.11. The highest BCUT2D eigenvalue weighted by Gasteiger charge is 2.14. The van der Waals surface area contributed by atoms with E-state index in [-0.39, 0.29) is 6.04 Å². The van der Waals surface area contributed by atoms with Crippen LogP contribution in [0.2, 0.25) is 0 Å². The Morgan fingerprint density at radius 3 is 1.90 bits per heavy atom. The second kappa shape index (κ2) is 6.23. The molecule has 3 rings (SSSR count). The van der Waals surface area contributed by atoms with Crippen molar-refractivity contribution in [2.75, 3.05) is 5.32 Å². The first kappa shape index (κ1) is 13.4. The van der Waals surface area contributed by atoms with Gasteiger partial charge in [-0.05, 0) is 29.7 Å². The van der Waals surface area contributed by atoms with Gasteiger partial charge in [0.1, 0.15) is 0 Å². The Labute approximate surface area is 125 Å². The molecule has 2 heteroatoms. The normalized spacial score (nSPS) is 10.6. The Hall–Kier alpha value is -2.61. The van der Waals surface area contributed by atoms with Crippen LogP contribution in [0.1, 0.15) is 22.7 Å². The highest BCUT2D eigenvalue weighted by Crippen LogP contribution is 2.27. The van der Waals surface area contributed by atoms with E-state index in [0.29, 0.717) is 0 Å². The molecular weight excluding hydrogens is 256 g/mol. The average molecular weight is 274 g/mol. The van der Waals surface area contributed by atoms with E-state index < -0.39 is 0 Å². The predicted molar refractivity (Wildman–Crippen MR) is 87.3 cm³/mol. The molecule has 3 aromatic rings. The van der Waals surface area contributed by atoms with Crippen LogP contribution in [0.4, 0.5) is 5.69 Å². The van der Waals surface area contributed by atoms with Gasteiger partial charge < -0.3 is 5.32 Å². The predicted octanol–water partition coefficient (Wildman–Crippen LogP) is 4.59. The van der Waals surface area contributed by atoms with Gasteiger partial charge in [-0.3, -0.25) is 4.98 Å². The van der Waals surface area contributed by atoms with Crippen LogP contribution < -0.4 is 5.32 Å². The molecule has 0 aliphatic rings. The van der Waals surface area contributed by atoms with Crippen LogP contribution in [-0.2, 0) is 0 Å². The summed E-state index contributed by atoms with van der Waals surface area (Å²) in [7, 11) is 0.